The first-order chi connectivity index (χ1) is 17.5. The van der Waals surface area contributed by atoms with Gasteiger partial charge in [0, 0.05) is 18.1 Å². The Balaban J connectivity index is 1.89. The molecule has 202 valence electrons. The van der Waals surface area contributed by atoms with Crippen LogP contribution in [-0.2, 0) is 33.4 Å². The van der Waals surface area contributed by atoms with Crippen LogP contribution in [0, 0.1) is 0 Å². The Morgan fingerprint density at radius 1 is 1.27 bits per heavy atom. The van der Waals surface area contributed by atoms with Crippen molar-refractivity contribution >= 4 is 57.9 Å². The Morgan fingerprint density at radius 3 is 2.51 bits per heavy atom. The van der Waals surface area contributed by atoms with E-state index in [0.29, 0.717) is 0 Å². The molecule has 0 aromatic carbocycles. The van der Waals surface area contributed by atoms with E-state index in [0.717, 1.165) is 28.0 Å². The lowest BCUT2D eigenvalue weighted by Gasteiger charge is -2.51. The summed E-state index contributed by atoms with van der Waals surface area (Å²) in [6.45, 7) is 4.77. The van der Waals surface area contributed by atoms with E-state index in [9.17, 15) is 24.3 Å². The van der Waals surface area contributed by atoms with Crippen molar-refractivity contribution < 1.29 is 43.3 Å². The van der Waals surface area contributed by atoms with Crippen LogP contribution in [0.1, 0.15) is 26.5 Å². The Morgan fingerprint density at radius 2 is 1.97 bits per heavy atom. The summed E-state index contributed by atoms with van der Waals surface area (Å²) in [7, 11) is 2.62. The van der Waals surface area contributed by atoms with Crippen LogP contribution in [0.4, 0.5) is 9.93 Å². The molecule has 4 N–H and O–H groups in total. The third kappa shape index (κ3) is 5.97. The number of aliphatic carboxylic acids is 1. The number of rotatable bonds is 10. The zero-order chi connectivity index (χ0) is 27.4. The molecule has 0 spiro atoms. The zero-order valence-corrected chi connectivity index (χ0v) is 22.3. The van der Waals surface area contributed by atoms with Crippen LogP contribution in [0.15, 0.2) is 21.8 Å². The molecule has 2 amide bonds. The molecule has 0 saturated carbocycles. The number of hydrogen-bond donors (Lipinski definition) is 3. The number of anilines is 1. The van der Waals surface area contributed by atoms with Crippen LogP contribution in [0.2, 0.25) is 0 Å². The number of nitrogens with one attached hydrogen (secondary N) is 1. The number of amides is 2. The van der Waals surface area contributed by atoms with Crippen molar-refractivity contribution in [2.75, 3.05) is 26.6 Å². The van der Waals surface area contributed by atoms with Crippen LogP contribution in [0.3, 0.4) is 0 Å². The van der Waals surface area contributed by atoms with Gasteiger partial charge in [0.1, 0.15) is 36.0 Å². The third-order valence-corrected chi connectivity index (χ3v) is 7.61. The van der Waals surface area contributed by atoms with Gasteiger partial charge in [-0.15, -0.1) is 23.1 Å². The lowest BCUT2D eigenvalue weighted by molar-refractivity contribution is -0.150. The largest absolute Gasteiger partial charge is 0.508 e. The van der Waals surface area contributed by atoms with E-state index in [2.05, 4.69) is 15.5 Å². The second kappa shape index (κ2) is 11.8. The highest BCUT2D eigenvalue weighted by Crippen LogP contribution is 2.46. The summed E-state index contributed by atoms with van der Waals surface area (Å²) in [6.07, 6.45) is -2.19. The summed E-state index contributed by atoms with van der Waals surface area (Å²) in [5.41, 5.74) is 5.55. The van der Waals surface area contributed by atoms with Crippen molar-refractivity contribution in [2.24, 2.45) is 5.16 Å². The number of nitrogen functional groups attached to an aromatic ring is 1. The van der Waals surface area contributed by atoms with Gasteiger partial charge in [0.2, 0.25) is 0 Å². The Labute approximate surface area is 220 Å². The van der Waals surface area contributed by atoms with Crippen LogP contribution in [0.25, 0.3) is 0 Å². The number of ether oxygens (including phenoxy) is 3. The maximum atomic E-state index is 13.0. The normalized spacial score (nSPS) is 22.2. The topological polar surface area (TPSA) is 192 Å². The van der Waals surface area contributed by atoms with Gasteiger partial charge in [0.05, 0.1) is 18.0 Å². The van der Waals surface area contributed by atoms with Gasteiger partial charge in [-0.2, -0.15) is 0 Å². The van der Waals surface area contributed by atoms with Gasteiger partial charge in [-0.25, -0.2) is 14.6 Å². The first kappa shape index (κ1) is 28.2. The van der Waals surface area contributed by atoms with Crippen LogP contribution in [-0.4, -0.2) is 94.3 Å². The van der Waals surface area contributed by atoms with Crippen LogP contribution >= 0.6 is 23.1 Å². The second-order valence-corrected chi connectivity index (χ2v) is 10.3. The molecule has 0 aliphatic carbocycles. The monoisotopic (exact) mass is 557 g/mol. The van der Waals surface area contributed by atoms with Crippen molar-refractivity contribution in [3.8, 4) is 0 Å². The molecule has 3 heterocycles. The molecule has 1 saturated heterocycles. The fraction of sp³-hybridized carbons (Fsp3) is 0.524. The second-order valence-electron chi connectivity index (χ2n) is 8.15. The van der Waals surface area contributed by atoms with Crippen molar-refractivity contribution in [1.82, 2.24) is 15.2 Å². The van der Waals surface area contributed by atoms with Gasteiger partial charge in [-0.3, -0.25) is 14.5 Å². The summed E-state index contributed by atoms with van der Waals surface area (Å²) < 4.78 is 15.6. The van der Waals surface area contributed by atoms with E-state index in [-0.39, 0.29) is 34.4 Å². The lowest BCUT2D eigenvalue weighted by atomic mass is 9.98. The number of nitrogens with two attached hydrogens (primary N) is 1. The molecule has 0 bridgehead atoms. The average Bonchev–Trinajstić information content (AvgIpc) is 3.25. The molecule has 4 atom stereocenters. The number of nitrogens with zero attached hydrogens (tertiary/aromatic N) is 3. The number of methoxy groups -OCH3 is 1. The molecule has 3 rings (SSSR count). The van der Waals surface area contributed by atoms with Crippen molar-refractivity contribution in [2.45, 2.75) is 49.6 Å². The van der Waals surface area contributed by atoms with Gasteiger partial charge >= 0.3 is 12.1 Å². The molecular weight excluding hydrogens is 530 g/mol. The Bertz CT molecular complexity index is 1140. The SMILES string of the molecule is COCC1=C(C(=O)O)N2C(=O)[C@@H](NC(=O)/C(=N\OC)c3csc(N)n3)[C@H]2SC1C(C)OC(=O)OC(C)C. The molecule has 2 unspecified atom stereocenters. The molecule has 2 aliphatic rings. The first-order valence-corrected chi connectivity index (χ1v) is 12.8. The van der Waals surface area contributed by atoms with E-state index in [1.54, 1.807) is 20.8 Å². The number of thiazole rings is 1. The molecule has 37 heavy (non-hydrogen) atoms. The van der Waals surface area contributed by atoms with Crippen LogP contribution < -0.4 is 11.1 Å². The molecule has 1 aromatic heterocycles. The molecule has 16 heteroatoms. The van der Waals surface area contributed by atoms with E-state index < -0.39 is 52.8 Å². The minimum Gasteiger partial charge on any atom is -0.477 e. The highest BCUT2D eigenvalue weighted by Gasteiger charge is 2.57. The quantitative estimate of drug-likeness (QED) is 0.159. The fourth-order valence-corrected chi connectivity index (χ4v) is 5.91. The number of oxime groups is 1. The standard InChI is InChI=1S/C21H27N5O9S2/c1-8(2)34-21(31)35-9(3)15-10(6-32-4)14(19(29)30)26-17(28)13(18(26)37-15)24-16(27)12(25-33-5)11-7-36-20(22)23-11/h7-9,13,15,18H,6H2,1-5H3,(H2,22,23)(H,24,27)(H,29,30)/b25-12-/t9?,13-,15?,18-/m1/s1. The summed E-state index contributed by atoms with van der Waals surface area (Å²) in [4.78, 5) is 60.2. The Hall–Kier alpha value is -3.37. The summed E-state index contributed by atoms with van der Waals surface area (Å²) in [5.74, 6) is -2.77. The number of β-lactam (4-membered cyclic amide) rings is 1. The number of fused-ring (bicyclic) bond motifs is 1. The number of thioether (sulfide) groups is 1. The third-order valence-electron chi connectivity index (χ3n) is 5.21. The molecule has 0 radical (unpaired) electrons. The number of carboxylic acids is 1. The molecule has 1 fully saturated rings. The van der Waals surface area contributed by atoms with Gasteiger partial charge in [0.25, 0.3) is 11.8 Å². The lowest BCUT2D eigenvalue weighted by Crippen LogP contribution is -2.72. The van der Waals surface area contributed by atoms with Gasteiger partial charge in [-0.1, -0.05) is 5.16 Å². The minimum absolute atomic E-state index is 0.129. The summed E-state index contributed by atoms with van der Waals surface area (Å²) in [5, 5.41) is 16.4. The number of carboxylic acid groups (broad SMARTS) is 1. The number of hydrogen-bond acceptors (Lipinski definition) is 13. The predicted molar refractivity (Wildman–Crippen MR) is 133 cm³/mol. The van der Waals surface area contributed by atoms with Crippen molar-refractivity contribution in [3.63, 3.8) is 0 Å². The molecule has 14 nitrogen and oxygen atoms in total. The van der Waals surface area contributed by atoms with E-state index in [1.165, 1.54) is 19.6 Å². The zero-order valence-electron chi connectivity index (χ0n) is 20.6. The molecule has 2 aliphatic heterocycles. The highest BCUT2D eigenvalue weighted by molar-refractivity contribution is 8.01. The van der Waals surface area contributed by atoms with E-state index >= 15 is 0 Å². The predicted octanol–water partition coefficient (Wildman–Crippen LogP) is 0.780. The van der Waals surface area contributed by atoms with Gasteiger partial charge < -0.3 is 35.2 Å². The summed E-state index contributed by atoms with van der Waals surface area (Å²) >= 11 is 2.24. The maximum Gasteiger partial charge on any atom is 0.508 e. The average molecular weight is 558 g/mol. The summed E-state index contributed by atoms with van der Waals surface area (Å²) in [6, 6.07) is -1.11. The fourth-order valence-electron chi connectivity index (χ4n) is 3.77. The van der Waals surface area contributed by atoms with Crippen molar-refractivity contribution in [3.05, 3.63) is 22.3 Å². The Kier molecular flexibility index (Phi) is 8.98. The first-order valence-electron chi connectivity index (χ1n) is 10.9. The highest BCUT2D eigenvalue weighted by atomic mass is 32.2. The smallest absolute Gasteiger partial charge is 0.477 e. The number of aromatic nitrogens is 1. The number of carbonyl (C=O) groups excluding carboxylic acids is 3. The maximum absolute atomic E-state index is 13.0. The van der Waals surface area contributed by atoms with Gasteiger partial charge in [-0.05, 0) is 20.8 Å². The molecule has 1 aromatic rings. The van der Waals surface area contributed by atoms with Gasteiger partial charge in [0.15, 0.2) is 10.8 Å². The van der Waals surface area contributed by atoms with Crippen LogP contribution in [0.5, 0.6) is 0 Å². The van der Waals surface area contributed by atoms with Crippen molar-refractivity contribution in [1.29, 1.82) is 0 Å². The number of carbonyl (C=O) groups is 4. The van der Waals surface area contributed by atoms with E-state index in [4.69, 9.17) is 24.8 Å². The van der Waals surface area contributed by atoms with E-state index in [1.807, 2.05) is 0 Å². The minimum atomic E-state index is -1.36. The molecular formula is C21H27N5O9S2.